The largest absolute Gasteiger partial charge is 0.433 e. The summed E-state index contributed by atoms with van der Waals surface area (Å²) in [5.41, 5.74) is -0.149. The molecule has 0 aliphatic rings. The lowest BCUT2D eigenvalue weighted by Crippen LogP contribution is -2.04. The van der Waals surface area contributed by atoms with Crippen molar-refractivity contribution >= 4 is 17.3 Å². The van der Waals surface area contributed by atoms with E-state index in [4.69, 9.17) is 11.6 Å². The fourth-order valence-electron chi connectivity index (χ4n) is 1.02. The number of rotatable bonds is 3. The Bertz CT molecular complexity index is 398. The van der Waals surface area contributed by atoms with E-state index in [1.165, 1.54) is 13.0 Å². The van der Waals surface area contributed by atoms with E-state index in [9.17, 15) is 18.9 Å². The molecule has 0 amide bonds. The van der Waals surface area contributed by atoms with Gasteiger partial charge in [0.15, 0.2) is 10.8 Å². The Hall–Kier alpha value is -1.43. The van der Waals surface area contributed by atoms with E-state index in [1.54, 1.807) is 0 Å². The molecule has 1 aromatic carbocycles. The molecule has 1 aromatic rings. The van der Waals surface area contributed by atoms with E-state index in [1.807, 2.05) is 0 Å². The summed E-state index contributed by atoms with van der Waals surface area (Å²) >= 11 is 5.55. The zero-order chi connectivity index (χ0) is 11.6. The standard InChI is InChI=1S/C8H6ClF2NO3/c1-4-2-3-5(12(13)14)6(9)7(4)15-8(10)11/h2-3,8H,1H3. The van der Waals surface area contributed by atoms with Crippen LogP contribution in [0.1, 0.15) is 5.56 Å². The van der Waals surface area contributed by atoms with Gasteiger partial charge in [-0.25, -0.2) is 0 Å². The van der Waals surface area contributed by atoms with Gasteiger partial charge in [0, 0.05) is 6.07 Å². The second kappa shape index (κ2) is 4.39. The Balaban J connectivity index is 3.24. The van der Waals surface area contributed by atoms with Crippen LogP contribution in [-0.2, 0) is 0 Å². The van der Waals surface area contributed by atoms with Gasteiger partial charge in [-0.1, -0.05) is 11.6 Å². The molecule has 1 rings (SSSR count). The van der Waals surface area contributed by atoms with Gasteiger partial charge in [0.05, 0.1) is 4.92 Å². The number of aryl methyl sites for hydroxylation is 1. The summed E-state index contributed by atoms with van der Waals surface area (Å²) in [7, 11) is 0. The van der Waals surface area contributed by atoms with Crippen LogP contribution in [0.3, 0.4) is 0 Å². The monoisotopic (exact) mass is 237 g/mol. The normalized spacial score (nSPS) is 10.5. The third kappa shape index (κ3) is 2.53. The van der Waals surface area contributed by atoms with Gasteiger partial charge >= 0.3 is 6.61 Å². The molecule has 0 aromatic heterocycles. The Morgan fingerprint density at radius 1 is 1.53 bits per heavy atom. The van der Waals surface area contributed by atoms with Crippen molar-refractivity contribution in [3.8, 4) is 5.75 Å². The van der Waals surface area contributed by atoms with Crippen LogP contribution in [0.15, 0.2) is 12.1 Å². The third-order valence-corrected chi connectivity index (χ3v) is 2.04. The van der Waals surface area contributed by atoms with Crippen molar-refractivity contribution in [1.82, 2.24) is 0 Å². The average Bonchev–Trinajstić information content (AvgIpc) is 2.11. The summed E-state index contributed by atoms with van der Waals surface area (Å²) in [4.78, 5) is 9.69. The van der Waals surface area contributed by atoms with Crippen molar-refractivity contribution in [3.05, 3.63) is 32.8 Å². The predicted molar refractivity (Wildman–Crippen MR) is 49.5 cm³/mol. The third-order valence-electron chi connectivity index (χ3n) is 1.68. The van der Waals surface area contributed by atoms with Gasteiger partial charge in [0.2, 0.25) is 0 Å². The highest BCUT2D eigenvalue weighted by Crippen LogP contribution is 2.37. The van der Waals surface area contributed by atoms with Crippen LogP contribution in [0, 0.1) is 17.0 Å². The van der Waals surface area contributed by atoms with Crippen LogP contribution in [0.2, 0.25) is 5.02 Å². The summed E-state index contributed by atoms with van der Waals surface area (Å²) < 4.78 is 28.0. The van der Waals surface area contributed by atoms with Crippen molar-refractivity contribution < 1.29 is 18.4 Å². The SMILES string of the molecule is Cc1ccc([N+](=O)[O-])c(Cl)c1OC(F)F. The van der Waals surface area contributed by atoms with Crippen molar-refractivity contribution in [1.29, 1.82) is 0 Å². The molecule has 0 fully saturated rings. The Kier molecular flexibility index (Phi) is 3.41. The number of benzene rings is 1. The number of nitro groups is 1. The number of alkyl halides is 2. The minimum atomic E-state index is -3.07. The highest BCUT2D eigenvalue weighted by Gasteiger charge is 2.21. The van der Waals surface area contributed by atoms with Crippen LogP contribution in [0.25, 0.3) is 0 Å². The zero-order valence-corrected chi connectivity index (χ0v) is 8.29. The van der Waals surface area contributed by atoms with Crippen LogP contribution in [0.5, 0.6) is 5.75 Å². The van der Waals surface area contributed by atoms with Gasteiger partial charge in [-0.2, -0.15) is 8.78 Å². The Morgan fingerprint density at radius 2 is 2.13 bits per heavy atom. The first kappa shape index (κ1) is 11.6. The zero-order valence-electron chi connectivity index (χ0n) is 7.54. The second-order valence-corrected chi connectivity index (χ2v) is 3.06. The molecule has 0 spiro atoms. The molecule has 0 atom stereocenters. The Morgan fingerprint density at radius 3 is 2.60 bits per heavy atom. The maximum Gasteiger partial charge on any atom is 0.387 e. The number of hydrogen-bond donors (Lipinski definition) is 0. The van der Waals surface area contributed by atoms with Crippen LogP contribution >= 0.6 is 11.6 Å². The van der Waals surface area contributed by atoms with E-state index in [2.05, 4.69) is 4.74 Å². The van der Waals surface area contributed by atoms with Crippen LogP contribution in [0.4, 0.5) is 14.5 Å². The van der Waals surface area contributed by atoms with Gasteiger partial charge in [-0.05, 0) is 18.6 Å². The van der Waals surface area contributed by atoms with Gasteiger partial charge in [0.1, 0.15) is 0 Å². The first-order valence-corrected chi connectivity index (χ1v) is 4.19. The summed E-state index contributed by atoms with van der Waals surface area (Å²) in [6.45, 7) is -1.60. The molecule has 0 N–H and O–H groups in total. The summed E-state index contributed by atoms with van der Waals surface area (Å²) in [6.07, 6.45) is 0. The molecular formula is C8H6ClF2NO3. The maximum atomic E-state index is 12.0. The lowest BCUT2D eigenvalue weighted by molar-refractivity contribution is -0.384. The van der Waals surface area contributed by atoms with Gasteiger partial charge in [0.25, 0.3) is 5.69 Å². The first-order valence-electron chi connectivity index (χ1n) is 3.81. The van der Waals surface area contributed by atoms with Gasteiger partial charge < -0.3 is 4.74 Å². The molecule has 0 aliphatic heterocycles. The van der Waals surface area contributed by atoms with Crippen molar-refractivity contribution in [3.63, 3.8) is 0 Å². The number of halogens is 3. The number of nitrogens with zero attached hydrogens (tertiary/aromatic N) is 1. The van der Waals surface area contributed by atoms with Crippen molar-refractivity contribution in [2.75, 3.05) is 0 Å². The molecule has 0 unspecified atom stereocenters. The fourth-order valence-corrected chi connectivity index (χ4v) is 1.34. The minimum absolute atomic E-state index is 0.311. The number of hydrogen-bond acceptors (Lipinski definition) is 3. The molecule has 0 heterocycles. The summed E-state index contributed by atoms with van der Waals surface area (Å²) in [6, 6.07) is 2.43. The lowest BCUT2D eigenvalue weighted by Gasteiger charge is -2.09. The molecule has 4 nitrogen and oxygen atoms in total. The van der Waals surface area contributed by atoms with Gasteiger partial charge in [-0.3, -0.25) is 10.1 Å². The molecule has 15 heavy (non-hydrogen) atoms. The molecule has 0 aliphatic carbocycles. The molecular weight excluding hydrogens is 232 g/mol. The molecule has 0 bridgehead atoms. The van der Waals surface area contributed by atoms with E-state index in [0.717, 1.165) is 6.07 Å². The molecule has 0 radical (unpaired) electrons. The van der Waals surface area contributed by atoms with E-state index < -0.39 is 22.2 Å². The topological polar surface area (TPSA) is 52.4 Å². The van der Waals surface area contributed by atoms with Crippen LogP contribution in [-0.4, -0.2) is 11.5 Å². The first-order chi connectivity index (χ1) is 6.93. The summed E-state index contributed by atoms with van der Waals surface area (Å²) in [5.74, 6) is -0.360. The van der Waals surface area contributed by atoms with E-state index >= 15 is 0 Å². The maximum absolute atomic E-state index is 12.0. The minimum Gasteiger partial charge on any atom is -0.433 e. The van der Waals surface area contributed by atoms with Gasteiger partial charge in [-0.15, -0.1) is 0 Å². The fraction of sp³-hybridized carbons (Fsp3) is 0.250. The second-order valence-electron chi connectivity index (χ2n) is 2.68. The highest BCUT2D eigenvalue weighted by atomic mass is 35.5. The lowest BCUT2D eigenvalue weighted by atomic mass is 10.2. The predicted octanol–water partition coefficient (Wildman–Crippen LogP) is 3.16. The molecule has 7 heteroatoms. The number of nitro benzene ring substituents is 1. The molecule has 82 valence electrons. The quantitative estimate of drug-likeness (QED) is 0.599. The Labute approximate surface area is 88.6 Å². The van der Waals surface area contributed by atoms with Crippen molar-refractivity contribution in [2.45, 2.75) is 13.5 Å². The smallest absolute Gasteiger partial charge is 0.387 e. The summed E-state index contributed by atoms with van der Waals surface area (Å²) in [5, 5.41) is 10.0. The van der Waals surface area contributed by atoms with Crippen LogP contribution < -0.4 is 4.74 Å². The average molecular weight is 238 g/mol. The van der Waals surface area contributed by atoms with E-state index in [-0.39, 0.29) is 5.75 Å². The molecule has 0 saturated carbocycles. The van der Waals surface area contributed by atoms with Crippen molar-refractivity contribution in [2.24, 2.45) is 0 Å². The number of ether oxygens (including phenoxy) is 1. The van der Waals surface area contributed by atoms with E-state index in [0.29, 0.717) is 5.56 Å². The molecule has 0 saturated heterocycles. The highest BCUT2D eigenvalue weighted by molar-refractivity contribution is 6.34.